The van der Waals surface area contributed by atoms with Gasteiger partial charge in [-0.25, -0.2) is 5.43 Å². The van der Waals surface area contributed by atoms with Crippen molar-refractivity contribution in [2.24, 2.45) is 0 Å². The first-order valence-corrected chi connectivity index (χ1v) is 4.30. The van der Waals surface area contributed by atoms with Crippen LogP contribution in [0.4, 0.5) is 0 Å². The van der Waals surface area contributed by atoms with Crippen LogP contribution in [0.5, 0.6) is 0 Å². The van der Waals surface area contributed by atoms with E-state index in [9.17, 15) is 4.79 Å². The number of hydrazine groups is 1. The van der Waals surface area contributed by atoms with Crippen LogP contribution >= 0.6 is 12.4 Å². The normalized spacial score (nSPS) is 8.07. The van der Waals surface area contributed by atoms with Gasteiger partial charge in [-0.15, -0.1) is 12.4 Å². The summed E-state index contributed by atoms with van der Waals surface area (Å²) in [4.78, 5) is 12.4. The summed E-state index contributed by atoms with van der Waals surface area (Å²) in [7, 11) is 6.00. The largest absolute Gasteiger partial charge is 0.312 e. The third-order valence-corrected chi connectivity index (χ3v) is 0.772. The fraction of sp³-hybridized carbons (Fsp3) is 0.667. The van der Waals surface area contributed by atoms with Gasteiger partial charge in [0.25, 0.3) is 5.91 Å². The number of amides is 1. The summed E-state index contributed by atoms with van der Waals surface area (Å²) in [5, 5.41) is 0. The van der Waals surface area contributed by atoms with Crippen LogP contribution in [0.25, 0.3) is 0 Å². The number of carbonyl (C=O) groups excluding carboxylic acids is 1. The fourth-order valence-corrected chi connectivity index (χ4v) is 0.326. The summed E-state index contributed by atoms with van der Waals surface area (Å²) >= 11 is 0. The first kappa shape index (κ1) is 19.1. The Hall–Kier alpha value is -0.580. The molecule has 1 amide bonds. The van der Waals surface area contributed by atoms with Crippen molar-refractivity contribution < 1.29 is 4.79 Å². The van der Waals surface area contributed by atoms with Crippen LogP contribution in [0, 0.1) is 0 Å². The first-order valence-electron chi connectivity index (χ1n) is 4.30. The summed E-state index contributed by atoms with van der Waals surface area (Å²) in [5.41, 5.74) is 5.14. The van der Waals surface area contributed by atoms with Crippen molar-refractivity contribution in [2.45, 2.75) is 13.3 Å². The first-order chi connectivity index (χ1) is 6.04. The molecule has 0 saturated heterocycles. The van der Waals surface area contributed by atoms with Crippen molar-refractivity contribution >= 4 is 18.3 Å². The summed E-state index contributed by atoms with van der Waals surface area (Å²) in [6, 6.07) is 0. The molecule has 0 aliphatic rings. The molecule has 0 aromatic carbocycles. The van der Waals surface area contributed by atoms with E-state index >= 15 is 0 Å². The summed E-state index contributed by atoms with van der Waals surface area (Å²) in [6.45, 7) is 6.10. The molecule has 0 atom stereocenters. The Bertz CT molecular complexity index is 137. The molecule has 0 heterocycles. The van der Waals surface area contributed by atoms with E-state index in [1.807, 2.05) is 33.0 Å². The van der Waals surface area contributed by atoms with E-state index in [0.717, 1.165) is 13.0 Å². The predicted octanol–water partition coefficient (Wildman–Crippen LogP) is 0.803. The Kier molecular flexibility index (Phi) is 20.3. The lowest BCUT2D eigenvalue weighted by molar-refractivity contribution is -0.117. The molecule has 4 nitrogen and oxygen atoms in total. The van der Waals surface area contributed by atoms with Crippen LogP contribution in [0.2, 0.25) is 0 Å². The Balaban J connectivity index is -0.000000209. The van der Waals surface area contributed by atoms with Gasteiger partial charge >= 0.3 is 0 Å². The highest BCUT2D eigenvalue weighted by Crippen LogP contribution is 1.66. The number of rotatable bonds is 4. The molecule has 2 N–H and O–H groups in total. The van der Waals surface area contributed by atoms with Gasteiger partial charge in [0.15, 0.2) is 0 Å². The van der Waals surface area contributed by atoms with Gasteiger partial charge in [0.05, 0.1) is 0 Å². The minimum absolute atomic E-state index is 0. The monoisotopic (exact) mass is 223 g/mol. The highest BCUT2D eigenvalue weighted by atomic mass is 35.5. The van der Waals surface area contributed by atoms with Crippen LogP contribution in [0.1, 0.15) is 13.3 Å². The lowest BCUT2D eigenvalue weighted by atomic mass is 10.5. The van der Waals surface area contributed by atoms with Crippen molar-refractivity contribution in [2.75, 3.05) is 27.7 Å². The second-order valence-electron chi connectivity index (χ2n) is 2.96. The average molecular weight is 224 g/mol. The molecule has 86 valence electrons. The number of nitrogens with zero attached hydrogens (tertiary/aromatic N) is 1. The molecule has 0 saturated carbocycles. The maximum absolute atomic E-state index is 10.4. The van der Waals surface area contributed by atoms with E-state index in [0.29, 0.717) is 0 Å². The van der Waals surface area contributed by atoms with Crippen LogP contribution in [-0.4, -0.2) is 38.5 Å². The van der Waals surface area contributed by atoms with Crippen LogP contribution in [-0.2, 0) is 4.79 Å². The van der Waals surface area contributed by atoms with Gasteiger partial charge in [-0.3, -0.25) is 10.2 Å². The highest BCUT2D eigenvalue weighted by Gasteiger charge is 1.87. The molecule has 0 aliphatic heterocycles. The SMILES string of the molecule is C=CC(=O)NNCCC.CN(C)C.Cl. The van der Waals surface area contributed by atoms with Crippen LogP contribution in [0.3, 0.4) is 0 Å². The maximum atomic E-state index is 10.4. The lowest BCUT2D eigenvalue weighted by Crippen LogP contribution is -2.36. The number of nitrogens with one attached hydrogen (secondary N) is 2. The molecule has 0 unspecified atom stereocenters. The van der Waals surface area contributed by atoms with Gasteiger partial charge in [0.2, 0.25) is 0 Å². The number of carbonyl (C=O) groups is 1. The number of hydrogen-bond acceptors (Lipinski definition) is 3. The minimum Gasteiger partial charge on any atom is -0.312 e. The minimum atomic E-state index is -0.191. The molecule has 0 spiro atoms. The third kappa shape index (κ3) is 30.1. The molecule has 0 aromatic heterocycles. The molecular formula is C9H22ClN3O. The highest BCUT2D eigenvalue weighted by molar-refractivity contribution is 5.86. The second kappa shape index (κ2) is 14.9. The van der Waals surface area contributed by atoms with Gasteiger partial charge in [0, 0.05) is 6.54 Å². The van der Waals surface area contributed by atoms with E-state index in [1.165, 1.54) is 6.08 Å². The topological polar surface area (TPSA) is 44.4 Å². The number of hydrogen-bond donors (Lipinski definition) is 2. The Labute approximate surface area is 93.1 Å². The van der Waals surface area contributed by atoms with Crippen molar-refractivity contribution in [3.05, 3.63) is 12.7 Å². The zero-order valence-electron chi connectivity index (χ0n) is 9.46. The Morgan fingerprint density at radius 2 is 1.86 bits per heavy atom. The van der Waals surface area contributed by atoms with Gasteiger partial charge in [-0.1, -0.05) is 13.5 Å². The smallest absolute Gasteiger partial charge is 0.257 e. The van der Waals surface area contributed by atoms with Gasteiger partial charge in [0.1, 0.15) is 0 Å². The molecule has 0 aliphatic carbocycles. The summed E-state index contributed by atoms with van der Waals surface area (Å²) in [6.07, 6.45) is 2.22. The zero-order valence-corrected chi connectivity index (χ0v) is 10.3. The Morgan fingerprint density at radius 3 is 2.14 bits per heavy atom. The predicted molar refractivity (Wildman–Crippen MR) is 63.5 cm³/mol. The van der Waals surface area contributed by atoms with Gasteiger partial charge in [-0.2, -0.15) is 0 Å². The van der Waals surface area contributed by atoms with Crippen molar-refractivity contribution in [3.63, 3.8) is 0 Å². The zero-order chi connectivity index (χ0) is 10.7. The lowest BCUT2D eigenvalue weighted by Gasteiger charge is -2.00. The Morgan fingerprint density at radius 1 is 1.43 bits per heavy atom. The van der Waals surface area contributed by atoms with E-state index in [1.54, 1.807) is 0 Å². The van der Waals surface area contributed by atoms with Gasteiger partial charge < -0.3 is 4.90 Å². The second-order valence-corrected chi connectivity index (χ2v) is 2.96. The maximum Gasteiger partial charge on any atom is 0.257 e. The van der Waals surface area contributed by atoms with Crippen LogP contribution < -0.4 is 10.9 Å². The van der Waals surface area contributed by atoms with Crippen LogP contribution in [0.15, 0.2) is 12.7 Å². The molecule has 0 aromatic rings. The van der Waals surface area contributed by atoms with Crippen molar-refractivity contribution in [1.82, 2.24) is 15.8 Å². The summed E-state index contributed by atoms with van der Waals surface area (Å²) < 4.78 is 0. The average Bonchev–Trinajstić information content (AvgIpc) is 2.03. The molecule has 0 bridgehead atoms. The van der Waals surface area contributed by atoms with Crippen molar-refractivity contribution in [1.29, 1.82) is 0 Å². The molecular weight excluding hydrogens is 202 g/mol. The van der Waals surface area contributed by atoms with E-state index < -0.39 is 0 Å². The van der Waals surface area contributed by atoms with E-state index in [-0.39, 0.29) is 18.3 Å². The summed E-state index contributed by atoms with van der Waals surface area (Å²) in [5.74, 6) is -0.191. The number of halogens is 1. The molecule has 0 fully saturated rings. The van der Waals surface area contributed by atoms with Gasteiger partial charge in [-0.05, 0) is 33.6 Å². The molecule has 0 rings (SSSR count). The fourth-order valence-electron chi connectivity index (χ4n) is 0.326. The van der Waals surface area contributed by atoms with E-state index in [2.05, 4.69) is 17.4 Å². The van der Waals surface area contributed by atoms with E-state index in [4.69, 9.17) is 0 Å². The molecule has 14 heavy (non-hydrogen) atoms. The molecule has 5 heteroatoms. The third-order valence-electron chi connectivity index (χ3n) is 0.772. The quantitative estimate of drug-likeness (QED) is 0.421. The van der Waals surface area contributed by atoms with Crippen molar-refractivity contribution in [3.8, 4) is 0 Å². The standard InChI is InChI=1S/C6H12N2O.C3H9N.ClH/c1-3-5-7-8-6(9)4-2;1-4(2)3;/h4,7H,2-3,5H2,1H3,(H,8,9);1-3H3;1H. The molecule has 0 radical (unpaired) electrons.